The van der Waals surface area contributed by atoms with Crippen molar-refractivity contribution in [3.8, 4) is 0 Å². The number of rotatable bonds is 9. The third-order valence-electron chi connectivity index (χ3n) is 4.10. The summed E-state index contributed by atoms with van der Waals surface area (Å²) in [5, 5.41) is 6.48. The highest BCUT2D eigenvalue weighted by molar-refractivity contribution is 5.84. The van der Waals surface area contributed by atoms with Crippen LogP contribution in [-0.2, 0) is 11.3 Å². The molecule has 6 heteroatoms. The third kappa shape index (κ3) is 8.54. The summed E-state index contributed by atoms with van der Waals surface area (Å²) in [6, 6.07) is 10.9. The summed E-state index contributed by atoms with van der Waals surface area (Å²) < 4.78 is 0. The molecular weight excluding hydrogens is 314 g/mol. The molecule has 0 saturated heterocycles. The summed E-state index contributed by atoms with van der Waals surface area (Å²) in [5.74, 6) is 0.684. The molecule has 0 radical (unpaired) electrons. The smallest absolute Gasteiger partial charge is 0.243 e. The summed E-state index contributed by atoms with van der Waals surface area (Å²) in [5.41, 5.74) is 1.32. The number of guanidine groups is 1. The highest BCUT2D eigenvalue weighted by Crippen LogP contribution is 2.07. The molecule has 2 N–H and O–H groups in total. The van der Waals surface area contributed by atoms with Crippen LogP contribution in [0.3, 0.4) is 0 Å². The zero-order valence-corrected chi connectivity index (χ0v) is 16.2. The number of nitrogens with zero attached hydrogens (tertiary/aromatic N) is 3. The Morgan fingerprint density at radius 1 is 1.16 bits per heavy atom. The van der Waals surface area contributed by atoms with Crippen LogP contribution < -0.4 is 10.6 Å². The molecular formula is C19H33N5O. The molecule has 1 amide bonds. The van der Waals surface area contributed by atoms with E-state index in [0.717, 1.165) is 26.1 Å². The lowest BCUT2D eigenvalue weighted by Crippen LogP contribution is -2.40. The summed E-state index contributed by atoms with van der Waals surface area (Å²) >= 11 is 0. The van der Waals surface area contributed by atoms with Gasteiger partial charge in [-0.05, 0) is 32.9 Å². The van der Waals surface area contributed by atoms with Gasteiger partial charge in [0.05, 0.1) is 0 Å². The maximum atomic E-state index is 11.7. The van der Waals surface area contributed by atoms with Crippen LogP contribution in [-0.4, -0.2) is 68.5 Å². The zero-order valence-electron chi connectivity index (χ0n) is 16.2. The predicted molar refractivity (Wildman–Crippen MR) is 105 cm³/mol. The molecule has 140 valence electrons. The fraction of sp³-hybridized carbons (Fsp3) is 0.579. The van der Waals surface area contributed by atoms with Crippen molar-refractivity contribution in [2.45, 2.75) is 32.9 Å². The maximum Gasteiger partial charge on any atom is 0.243 e. The first kappa shape index (κ1) is 21.0. The van der Waals surface area contributed by atoms with E-state index in [0.29, 0.717) is 12.0 Å². The fourth-order valence-corrected chi connectivity index (χ4v) is 2.28. The Labute approximate surface area is 152 Å². The van der Waals surface area contributed by atoms with Crippen LogP contribution >= 0.6 is 0 Å². The molecule has 1 unspecified atom stereocenters. The monoisotopic (exact) mass is 347 g/mol. The minimum Gasteiger partial charge on any atom is -0.357 e. The molecule has 1 aromatic carbocycles. The van der Waals surface area contributed by atoms with E-state index in [9.17, 15) is 4.79 Å². The normalized spacial score (nSPS) is 12.8. The molecule has 0 aliphatic rings. The highest BCUT2D eigenvalue weighted by atomic mass is 16.2. The van der Waals surface area contributed by atoms with E-state index < -0.39 is 0 Å². The molecule has 0 aliphatic heterocycles. The number of carbonyl (C=O) groups is 1. The number of amides is 1. The van der Waals surface area contributed by atoms with Gasteiger partial charge in [0.15, 0.2) is 5.96 Å². The second-order valence-corrected chi connectivity index (χ2v) is 6.45. The Bertz CT molecular complexity index is 530. The van der Waals surface area contributed by atoms with E-state index in [1.165, 1.54) is 5.56 Å². The molecule has 0 saturated carbocycles. The predicted octanol–water partition coefficient (Wildman–Crippen LogP) is 1.54. The zero-order chi connectivity index (χ0) is 18.7. The highest BCUT2D eigenvalue weighted by Gasteiger charge is 2.10. The summed E-state index contributed by atoms with van der Waals surface area (Å²) in [4.78, 5) is 19.9. The molecule has 25 heavy (non-hydrogen) atoms. The van der Waals surface area contributed by atoms with E-state index in [1.54, 1.807) is 19.0 Å². The Hall–Kier alpha value is -2.08. The fourth-order valence-electron chi connectivity index (χ4n) is 2.28. The van der Waals surface area contributed by atoms with E-state index in [2.05, 4.69) is 58.8 Å². The van der Waals surface area contributed by atoms with Crippen LogP contribution in [0, 0.1) is 0 Å². The minimum atomic E-state index is -0.00633. The van der Waals surface area contributed by atoms with Gasteiger partial charge in [0.25, 0.3) is 0 Å². The second-order valence-electron chi connectivity index (χ2n) is 6.45. The molecule has 0 heterocycles. The lowest BCUT2D eigenvalue weighted by atomic mass is 10.1. The number of carbonyl (C=O) groups excluding carboxylic acids is 1. The van der Waals surface area contributed by atoms with E-state index in [4.69, 9.17) is 0 Å². The largest absolute Gasteiger partial charge is 0.357 e. The summed E-state index contributed by atoms with van der Waals surface area (Å²) in [6.45, 7) is 6.92. The van der Waals surface area contributed by atoms with E-state index >= 15 is 0 Å². The van der Waals surface area contributed by atoms with Crippen molar-refractivity contribution >= 4 is 11.9 Å². The maximum absolute atomic E-state index is 11.7. The van der Waals surface area contributed by atoms with Gasteiger partial charge in [-0.1, -0.05) is 30.3 Å². The second kappa shape index (κ2) is 11.5. The molecule has 0 spiro atoms. The quantitative estimate of drug-likeness (QED) is 0.525. The Kier molecular flexibility index (Phi) is 9.62. The molecule has 1 atom stereocenters. The van der Waals surface area contributed by atoms with Gasteiger partial charge >= 0.3 is 0 Å². The van der Waals surface area contributed by atoms with Crippen molar-refractivity contribution in [3.63, 3.8) is 0 Å². The van der Waals surface area contributed by atoms with Gasteiger partial charge < -0.3 is 15.5 Å². The Morgan fingerprint density at radius 3 is 2.44 bits per heavy atom. The number of hydrogen-bond donors (Lipinski definition) is 2. The van der Waals surface area contributed by atoms with E-state index in [-0.39, 0.29) is 12.5 Å². The first-order valence-corrected chi connectivity index (χ1v) is 8.90. The molecule has 1 aromatic rings. The van der Waals surface area contributed by atoms with Crippen LogP contribution in [0.5, 0.6) is 0 Å². The molecule has 0 fully saturated rings. The van der Waals surface area contributed by atoms with Gasteiger partial charge in [-0.2, -0.15) is 0 Å². The van der Waals surface area contributed by atoms with Crippen LogP contribution in [0.15, 0.2) is 35.3 Å². The topological polar surface area (TPSA) is 60.0 Å². The Balaban J connectivity index is 2.40. The van der Waals surface area contributed by atoms with Crippen LogP contribution in [0.25, 0.3) is 0 Å². The summed E-state index contributed by atoms with van der Waals surface area (Å²) in [7, 11) is 5.62. The number of nitrogens with one attached hydrogen (secondary N) is 2. The first-order chi connectivity index (χ1) is 11.9. The standard InChI is InChI=1S/C19H33N5O/c1-6-20-19(22-14-18(25)23(3)4)21-13-12-16(2)24(5)15-17-10-8-7-9-11-17/h7-11,16H,6,12-15H2,1-5H3,(H2,20,21,22). The molecule has 0 aromatic heterocycles. The molecule has 6 nitrogen and oxygen atoms in total. The van der Waals surface area contributed by atoms with Crippen molar-refractivity contribution in [3.05, 3.63) is 35.9 Å². The number of hydrogen-bond acceptors (Lipinski definition) is 3. The van der Waals surface area contributed by atoms with Gasteiger partial charge in [0.1, 0.15) is 6.54 Å². The third-order valence-corrected chi connectivity index (χ3v) is 4.10. The van der Waals surface area contributed by atoms with Gasteiger partial charge in [-0.3, -0.25) is 9.69 Å². The number of aliphatic imine (C=N–C) groups is 1. The van der Waals surface area contributed by atoms with Crippen molar-refractivity contribution in [2.75, 3.05) is 40.8 Å². The first-order valence-electron chi connectivity index (χ1n) is 8.90. The van der Waals surface area contributed by atoms with Gasteiger partial charge in [0, 0.05) is 39.8 Å². The van der Waals surface area contributed by atoms with Crippen molar-refractivity contribution < 1.29 is 4.79 Å². The van der Waals surface area contributed by atoms with E-state index in [1.807, 2.05) is 13.0 Å². The van der Waals surface area contributed by atoms with Crippen LogP contribution in [0.1, 0.15) is 25.8 Å². The number of benzene rings is 1. The van der Waals surface area contributed by atoms with Crippen molar-refractivity contribution in [2.24, 2.45) is 4.99 Å². The van der Waals surface area contributed by atoms with Gasteiger partial charge in [-0.15, -0.1) is 0 Å². The number of likely N-dealkylation sites (N-methyl/N-ethyl adjacent to an activating group) is 1. The molecule has 0 aliphatic carbocycles. The Morgan fingerprint density at radius 2 is 1.84 bits per heavy atom. The van der Waals surface area contributed by atoms with Crippen LogP contribution in [0.2, 0.25) is 0 Å². The van der Waals surface area contributed by atoms with Crippen molar-refractivity contribution in [1.29, 1.82) is 0 Å². The molecule has 0 bridgehead atoms. The lowest BCUT2D eigenvalue weighted by molar-refractivity contribution is -0.127. The molecule has 1 rings (SSSR count). The van der Waals surface area contributed by atoms with Crippen molar-refractivity contribution in [1.82, 2.24) is 20.4 Å². The minimum absolute atomic E-state index is 0.00633. The average molecular weight is 348 g/mol. The summed E-state index contributed by atoms with van der Waals surface area (Å²) in [6.07, 6.45) is 0.995. The lowest BCUT2D eigenvalue weighted by Gasteiger charge is -2.25. The SMILES string of the molecule is CCNC(=NCC(=O)N(C)C)NCCC(C)N(C)Cc1ccccc1. The van der Waals surface area contributed by atoms with Crippen LogP contribution in [0.4, 0.5) is 0 Å². The van der Waals surface area contributed by atoms with Gasteiger partial charge in [-0.25, -0.2) is 4.99 Å². The average Bonchev–Trinajstić information content (AvgIpc) is 2.59. The van der Waals surface area contributed by atoms with Gasteiger partial charge in [0.2, 0.25) is 5.91 Å².